The normalized spacial score (nSPS) is 16.9. The quantitative estimate of drug-likeness (QED) is 0.622. The number of nitrogens with zero attached hydrogens (tertiary/aromatic N) is 4. The monoisotopic (exact) mass is 422 g/mol. The first-order valence-electron chi connectivity index (χ1n) is 10.3. The van der Waals surface area contributed by atoms with Crippen LogP contribution in [-0.2, 0) is 14.9 Å². The number of pyridine rings is 1. The topological polar surface area (TPSA) is 90.6 Å². The first-order chi connectivity index (χ1) is 14.9. The Bertz CT molecular complexity index is 1010. The van der Waals surface area contributed by atoms with Crippen LogP contribution in [0.15, 0.2) is 53.2 Å². The van der Waals surface area contributed by atoms with E-state index in [0.717, 1.165) is 0 Å². The first kappa shape index (κ1) is 21.0. The number of ether oxygens (including phenoxy) is 2. The van der Waals surface area contributed by atoms with Gasteiger partial charge in [-0.25, -0.2) is 0 Å². The number of morpholine rings is 1. The van der Waals surface area contributed by atoms with Crippen molar-refractivity contribution >= 4 is 5.91 Å². The largest absolute Gasteiger partial charge is 0.484 e. The van der Waals surface area contributed by atoms with Crippen LogP contribution in [0.5, 0.6) is 5.75 Å². The van der Waals surface area contributed by atoms with Gasteiger partial charge in [0.1, 0.15) is 11.4 Å². The van der Waals surface area contributed by atoms with E-state index in [-0.39, 0.29) is 17.9 Å². The number of carbonyl (C=O) groups excluding carboxylic acids is 1. The summed E-state index contributed by atoms with van der Waals surface area (Å²) >= 11 is 0. The lowest BCUT2D eigenvalue weighted by Crippen LogP contribution is -2.44. The van der Waals surface area contributed by atoms with E-state index in [1.165, 1.54) is 5.56 Å². The second-order valence-corrected chi connectivity index (χ2v) is 8.43. The van der Waals surface area contributed by atoms with E-state index in [9.17, 15) is 4.79 Å². The summed E-state index contributed by atoms with van der Waals surface area (Å²) in [6.07, 6.45) is 1.19. The molecule has 2 aromatic heterocycles. The highest BCUT2D eigenvalue weighted by atomic mass is 16.5. The fourth-order valence-corrected chi connectivity index (χ4v) is 3.28. The Labute approximate surface area is 181 Å². The summed E-state index contributed by atoms with van der Waals surface area (Å²) < 4.78 is 16.8. The van der Waals surface area contributed by atoms with Gasteiger partial charge in [-0.2, -0.15) is 4.98 Å². The van der Waals surface area contributed by atoms with Crippen LogP contribution in [0.25, 0.3) is 11.5 Å². The van der Waals surface area contributed by atoms with Crippen LogP contribution < -0.4 is 4.74 Å². The molecule has 0 unspecified atom stereocenters. The van der Waals surface area contributed by atoms with Crippen LogP contribution in [0.3, 0.4) is 0 Å². The van der Waals surface area contributed by atoms with Gasteiger partial charge in [-0.05, 0) is 35.2 Å². The van der Waals surface area contributed by atoms with Gasteiger partial charge in [0.15, 0.2) is 12.7 Å². The zero-order valence-electron chi connectivity index (χ0n) is 17.9. The minimum absolute atomic E-state index is 0.0371. The maximum absolute atomic E-state index is 12.7. The molecule has 0 saturated carbocycles. The van der Waals surface area contributed by atoms with E-state index >= 15 is 0 Å². The van der Waals surface area contributed by atoms with E-state index in [1.807, 2.05) is 36.4 Å². The molecule has 1 saturated heterocycles. The zero-order valence-corrected chi connectivity index (χ0v) is 17.9. The fraction of sp³-hybridized carbons (Fsp3) is 0.391. The molecule has 1 aromatic carbocycles. The Hall–Kier alpha value is -3.26. The summed E-state index contributed by atoms with van der Waals surface area (Å²) in [5, 5.41) is 3.98. The van der Waals surface area contributed by atoms with Crippen molar-refractivity contribution in [3.05, 3.63) is 60.1 Å². The molecule has 1 atom stereocenters. The molecule has 1 amide bonds. The van der Waals surface area contributed by atoms with Crippen molar-refractivity contribution in [1.82, 2.24) is 20.0 Å². The number of amides is 1. The molecule has 0 N–H and O–H groups in total. The highest BCUT2D eigenvalue weighted by molar-refractivity contribution is 5.78. The van der Waals surface area contributed by atoms with Crippen LogP contribution in [0.1, 0.15) is 38.3 Å². The predicted octanol–water partition coefficient (Wildman–Crippen LogP) is 3.41. The first-order valence-corrected chi connectivity index (χ1v) is 10.3. The molecule has 3 aromatic rings. The second kappa shape index (κ2) is 8.85. The van der Waals surface area contributed by atoms with Gasteiger partial charge in [-0.3, -0.25) is 9.78 Å². The van der Waals surface area contributed by atoms with Crippen molar-refractivity contribution in [1.29, 1.82) is 0 Å². The molecule has 31 heavy (non-hydrogen) atoms. The number of benzene rings is 1. The molecule has 0 radical (unpaired) electrons. The van der Waals surface area contributed by atoms with E-state index in [4.69, 9.17) is 14.0 Å². The van der Waals surface area contributed by atoms with Crippen LogP contribution in [0.4, 0.5) is 0 Å². The van der Waals surface area contributed by atoms with E-state index in [2.05, 4.69) is 35.9 Å². The number of aromatic nitrogens is 3. The van der Waals surface area contributed by atoms with Gasteiger partial charge in [-0.15, -0.1) is 0 Å². The second-order valence-electron chi connectivity index (χ2n) is 8.43. The van der Waals surface area contributed by atoms with Crippen LogP contribution >= 0.6 is 0 Å². The standard InChI is InChI=1S/C23H26N4O4/c1-23(2,3)16-7-9-17(10-8-16)30-15-20(28)27-12-13-29-19(14-27)22-25-21(26-31-22)18-6-4-5-11-24-18/h4-11,19H,12-15H2,1-3H3/t19-/m0/s1. The van der Waals surface area contributed by atoms with Gasteiger partial charge in [0.25, 0.3) is 11.8 Å². The van der Waals surface area contributed by atoms with E-state index in [0.29, 0.717) is 42.9 Å². The predicted molar refractivity (Wildman–Crippen MR) is 113 cm³/mol. The van der Waals surface area contributed by atoms with Crippen molar-refractivity contribution in [3.8, 4) is 17.3 Å². The van der Waals surface area contributed by atoms with Crippen molar-refractivity contribution < 1.29 is 18.8 Å². The Morgan fingerprint density at radius 1 is 1.19 bits per heavy atom. The summed E-state index contributed by atoms with van der Waals surface area (Å²) in [4.78, 5) is 23.0. The van der Waals surface area contributed by atoms with E-state index < -0.39 is 6.10 Å². The molecular formula is C23H26N4O4. The Morgan fingerprint density at radius 3 is 2.71 bits per heavy atom. The Kier molecular flexibility index (Phi) is 5.99. The van der Waals surface area contributed by atoms with Crippen LogP contribution in [-0.4, -0.2) is 52.2 Å². The lowest BCUT2D eigenvalue weighted by atomic mass is 9.87. The average molecular weight is 422 g/mol. The number of carbonyl (C=O) groups is 1. The maximum atomic E-state index is 12.7. The molecule has 4 rings (SSSR count). The van der Waals surface area contributed by atoms with Crippen LogP contribution in [0, 0.1) is 0 Å². The minimum Gasteiger partial charge on any atom is -0.484 e. The summed E-state index contributed by atoms with van der Waals surface area (Å²) in [6.45, 7) is 7.64. The molecule has 1 aliphatic heterocycles. The Balaban J connectivity index is 1.34. The maximum Gasteiger partial charge on any atom is 0.260 e. The number of hydrogen-bond acceptors (Lipinski definition) is 7. The third-order valence-electron chi connectivity index (χ3n) is 5.11. The molecule has 8 nitrogen and oxygen atoms in total. The van der Waals surface area contributed by atoms with Crippen molar-refractivity contribution in [2.24, 2.45) is 0 Å². The number of hydrogen-bond donors (Lipinski definition) is 0. The third kappa shape index (κ3) is 5.08. The van der Waals surface area contributed by atoms with Gasteiger partial charge in [0, 0.05) is 12.7 Å². The van der Waals surface area contributed by atoms with Gasteiger partial charge in [0.2, 0.25) is 5.82 Å². The summed E-state index contributed by atoms with van der Waals surface area (Å²) in [5.41, 5.74) is 1.90. The molecule has 1 aliphatic rings. The lowest BCUT2D eigenvalue weighted by Gasteiger charge is -2.31. The summed E-state index contributed by atoms with van der Waals surface area (Å²) in [5.74, 6) is 1.28. The van der Waals surface area contributed by atoms with Crippen molar-refractivity contribution in [2.45, 2.75) is 32.3 Å². The molecule has 162 valence electrons. The van der Waals surface area contributed by atoms with E-state index in [1.54, 1.807) is 17.2 Å². The van der Waals surface area contributed by atoms with Crippen LogP contribution in [0.2, 0.25) is 0 Å². The lowest BCUT2D eigenvalue weighted by molar-refractivity contribution is -0.142. The molecule has 0 aliphatic carbocycles. The minimum atomic E-state index is -0.478. The fourth-order valence-electron chi connectivity index (χ4n) is 3.28. The SMILES string of the molecule is CC(C)(C)c1ccc(OCC(=O)N2CCO[C@H](c3nc(-c4ccccn4)no3)C2)cc1. The van der Waals surface area contributed by atoms with Gasteiger partial charge in [0.05, 0.1) is 13.2 Å². The highest BCUT2D eigenvalue weighted by Gasteiger charge is 2.30. The van der Waals surface area contributed by atoms with Gasteiger partial charge >= 0.3 is 0 Å². The Morgan fingerprint density at radius 2 is 2.00 bits per heavy atom. The molecule has 0 bridgehead atoms. The number of rotatable bonds is 5. The molecular weight excluding hydrogens is 396 g/mol. The van der Waals surface area contributed by atoms with Crippen molar-refractivity contribution in [2.75, 3.05) is 26.3 Å². The third-order valence-corrected chi connectivity index (χ3v) is 5.11. The summed E-state index contributed by atoms with van der Waals surface area (Å²) in [6, 6.07) is 13.3. The summed E-state index contributed by atoms with van der Waals surface area (Å²) in [7, 11) is 0. The average Bonchev–Trinajstić information content (AvgIpc) is 3.28. The zero-order chi connectivity index (χ0) is 21.8. The molecule has 8 heteroatoms. The van der Waals surface area contributed by atoms with Gasteiger partial charge < -0.3 is 18.9 Å². The molecule has 3 heterocycles. The molecule has 1 fully saturated rings. The smallest absolute Gasteiger partial charge is 0.260 e. The highest BCUT2D eigenvalue weighted by Crippen LogP contribution is 2.25. The molecule has 0 spiro atoms. The van der Waals surface area contributed by atoms with Gasteiger partial charge in [-0.1, -0.05) is 44.1 Å². The van der Waals surface area contributed by atoms with Crippen molar-refractivity contribution in [3.63, 3.8) is 0 Å².